The Bertz CT molecular complexity index is 566. The first-order valence-electron chi connectivity index (χ1n) is 5.94. The van der Waals surface area contributed by atoms with E-state index >= 15 is 0 Å². The van der Waals surface area contributed by atoms with E-state index in [1.807, 2.05) is 25.1 Å². The molecule has 7 nitrogen and oxygen atoms in total. The molecular formula is C12H16N6O. The van der Waals surface area contributed by atoms with E-state index in [1.54, 1.807) is 14.0 Å². The highest BCUT2D eigenvalue weighted by Crippen LogP contribution is 2.19. The monoisotopic (exact) mass is 260 g/mol. The van der Waals surface area contributed by atoms with Crippen LogP contribution in [0.3, 0.4) is 0 Å². The Labute approximate surface area is 111 Å². The van der Waals surface area contributed by atoms with E-state index in [-0.39, 0.29) is 11.9 Å². The number of hydrogen-bond donors (Lipinski definition) is 2. The summed E-state index contributed by atoms with van der Waals surface area (Å²) in [5.74, 6) is -0.0838. The molecule has 0 aliphatic rings. The average molecular weight is 260 g/mol. The first-order valence-corrected chi connectivity index (χ1v) is 5.94. The van der Waals surface area contributed by atoms with Crippen molar-refractivity contribution in [3.05, 3.63) is 30.1 Å². The van der Waals surface area contributed by atoms with Crippen LogP contribution in [0, 0.1) is 6.92 Å². The zero-order chi connectivity index (χ0) is 13.8. The molecule has 7 heteroatoms. The van der Waals surface area contributed by atoms with Crippen molar-refractivity contribution in [3.8, 4) is 5.69 Å². The molecule has 1 aromatic carbocycles. The van der Waals surface area contributed by atoms with Crippen molar-refractivity contribution in [2.45, 2.75) is 19.9 Å². The largest absolute Gasteiger partial charge is 0.324 e. The van der Waals surface area contributed by atoms with Gasteiger partial charge in [-0.2, -0.15) is 0 Å². The molecule has 1 aromatic heterocycles. The van der Waals surface area contributed by atoms with Gasteiger partial charge in [0.2, 0.25) is 5.91 Å². The van der Waals surface area contributed by atoms with Crippen molar-refractivity contribution in [1.82, 2.24) is 25.5 Å². The summed E-state index contributed by atoms with van der Waals surface area (Å²) in [7, 11) is 1.74. The van der Waals surface area contributed by atoms with E-state index < -0.39 is 0 Å². The molecule has 19 heavy (non-hydrogen) atoms. The highest BCUT2D eigenvalue weighted by molar-refractivity contribution is 5.95. The number of aryl methyl sites for hydroxylation is 1. The minimum Gasteiger partial charge on any atom is -0.324 e. The number of likely N-dealkylation sites (N-methyl/N-ethyl adjacent to an activating group) is 1. The van der Waals surface area contributed by atoms with Crippen molar-refractivity contribution in [1.29, 1.82) is 0 Å². The average Bonchev–Trinajstić information content (AvgIpc) is 2.94. The van der Waals surface area contributed by atoms with Gasteiger partial charge in [-0.1, -0.05) is 6.07 Å². The molecule has 2 N–H and O–H groups in total. The van der Waals surface area contributed by atoms with Gasteiger partial charge < -0.3 is 10.6 Å². The van der Waals surface area contributed by atoms with Gasteiger partial charge in [0.25, 0.3) is 0 Å². The second-order valence-electron chi connectivity index (χ2n) is 4.25. The lowest BCUT2D eigenvalue weighted by Gasteiger charge is -2.13. The van der Waals surface area contributed by atoms with Crippen molar-refractivity contribution in [2.24, 2.45) is 0 Å². The zero-order valence-electron chi connectivity index (χ0n) is 11.1. The Morgan fingerprint density at radius 1 is 1.42 bits per heavy atom. The molecule has 2 aromatic rings. The molecule has 1 atom stereocenters. The van der Waals surface area contributed by atoms with Crippen LogP contribution in [0.4, 0.5) is 5.69 Å². The van der Waals surface area contributed by atoms with Crippen LogP contribution in [0.25, 0.3) is 5.69 Å². The molecule has 0 saturated carbocycles. The van der Waals surface area contributed by atoms with Gasteiger partial charge in [0.15, 0.2) is 0 Å². The molecule has 1 heterocycles. The number of hydrogen-bond acceptors (Lipinski definition) is 5. The third kappa shape index (κ3) is 2.94. The number of aromatic nitrogens is 4. The van der Waals surface area contributed by atoms with Gasteiger partial charge in [-0.25, -0.2) is 4.68 Å². The minimum atomic E-state index is -0.254. The molecule has 0 fully saturated rings. The number of nitrogens with one attached hydrogen (secondary N) is 2. The Kier molecular flexibility index (Phi) is 3.86. The van der Waals surface area contributed by atoms with E-state index in [1.165, 1.54) is 11.0 Å². The maximum Gasteiger partial charge on any atom is 0.241 e. The number of amides is 1. The van der Waals surface area contributed by atoms with Gasteiger partial charge in [-0.3, -0.25) is 4.79 Å². The fraction of sp³-hybridized carbons (Fsp3) is 0.333. The Balaban J connectivity index is 2.25. The molecular weight excluding hydrogens is 244 g/mol. The third-order valence-corrected chi connectivity index (χ3v) is 2.92. The summed E-state index contributed by atoms with van der Waals surface area (Å²) in [6.07, 6.45) is 1.51. The summed E-state index contributed by atoms with van der Waals surface area (Å²) in [6.45, 7) is 3.74. The van der Waals surface area contributed by atoms with Crippen LogP contribution < -0.4 is 10.6 Å². The number of tetrazole rings is 1. The molecule has 0 radical (unpaired) electrons. The van der Waals surface area contributed by atoms with Crippen LogP contribution >= 0.6 is 0 Å². The van der Waals surface area contributed by atoms with E-state index in [2.05, 4.69) is 26.2 Å². The van der Waals surface area contributed by atoms with Crippen LogP contribution in [-0.2, 0) is 4.79 Å². The van der Waals surface area contributed by atoms with Gasteiger partial charge >= 0.3 is 0 Å². The molecule has 0 aliphatic heterocycles. The van der Waals surface area contributed by atoms with Gasteiger partial charge in [0.1, 0.15) is 6.33 Å². The minimum absolute atomic E-state index is 0.0838. The number of rotatable bonds is 4. The lowest BCUT2D eigenvalue weighted by Crippen LogP contribution is -2.35. The first-order chi connectivity index (χ1) is 9.11. The summed E-state index contributed by atoms with van der Waals surface area (Å²) < 4.78 is 1.54. The smallest absolute Gasteiger partial charge is 0.241 e. The van der Waals surface area contributed by atoms with Gasteiger partial charge in [-0.05, 0) is 49.0 Å². The fourth-order valence-corrected chi connectivity index (χ4v) is 1.54. The summed E-state index contributed by atoms with van der Waals surface area (Å²) in [5.41, 5.74) is 2.52. The lowest BCUT2D eigenvalue weighted by molar-refractivity contribution is -0.117. The quantitative estimate of drug-likeness (QED) is 0.837. The Hall–Kier alpha value is -2.28. The fourth-order valence-electron chi connectivity index (χ4n) is 1.54. The van der Waals surface area contributed by atoms with Crippen LogP contribution in [0.5, 0.6) is 0 Å². The Morgan fingerprint density at radius 2 is 2.21 bits per heavy atom. The molecule has 100 valence electrons. The standard InChI is InChI=1S/C12H16N6O/c1-8-4-5-10(18-7-14-16-17-18)6-11(8)15-12(19)9(2)13-3/h4-7,9,13H,1-3H3,(H,15,19). The maximum atomic E-state index is 11.9. The number of carbonyl (C=O) groups is 1. The highest BCUT2D eigenvalue weighted by atomic mass is 16.2. The van der Waals surface area contributed by atoms with Crippen LogP contribution in [0.15, 0.2) is 24.5 Å². The predicted octanol–water partition coefficient (Wildman–Crippen LogP) is 0.517. The van der Waals surface area contributed by atoms with Crippen LogP contribution in [-0.4, -0.2) is 39.2 Å². The predicted molar refractivity (Wildman–Crippen MR) is 71.0 cm³/mol. The molecule has 2 rings (SSSR count). The van der Waals surface area contributed by atoms with E-state index in [9.17, 15) is 4.79 Å². The molecule has 1 unspecified atom stereocenters. The molecule has 0 spiro atoms. The molecule has 1 amide bonds. The van der Waals surface area contributed by atoms with Gasteiger partial charge in [0.05, 0.1) is 11.7 Å². The first kappa shape index (κ1) is 13.2. The van der Waals surface area contributed by atoms with Crippen molar-refractivity contribution >= 4 is 11.6 Å². The van der Waals surface area contributed by atoms with Crippen molar-refractivity contribution in [2.75, 3.05) is 12.4 Å². The van der Waals surface area contributed by atoms with Crippen LogP contribution in [0.1, 0.15) is 12.5 Å². The number of carbonyl (C=O) groups excluding carboxylic acids is 1. The molecule has 0 aliphatic carbocycles. The molecule has 0 saturated heterocycles. The van der Waals surface area contributed by atoms with Crippen molar-refractivity contribution in [3.63, 3.8) is 0 Å². The highest BCUT2D eigenvalue weighted by Gasteiger charge is 2.12. The second-order valence-corrected chi connectivity index (χ2v) is 4.25. The van der Waals surface area contributed by atoms with E-state index in [4.69, 9.17) is 0 Å². The van der Waals surface area contributed by atoms with Gasteiger partial charge in [0, 0.05) is 5.69 Å². The van der Waals surface area contributed by atoms with Gasteiger partial charge in [-0.15, -0.1) is 5.10 Å². The SMILES string of the molecule is CNC(C)C(=O)Nc1cc(-n2cnnn2)ccc1C. The summed E-state index contributed by atoms with van der Waals surface area (Å²) in [5, 5.41) is 16.8. The maximum absolute atomic E-state index is 11.9. The third-order valence-electron chi connectivity index (χ3n) is 2.92. The topological polar surface area (TPSA) is 84.7 Å². The molecule has 0 bridgehead atoms. The lowest BCUT2D eigenvalue weighted by atomic mass is 10.1. The van der Waals surface area contributed by atoms with Crippen molar-refractivity contribution < 1.29 is 4.79 Å². The summed E-state index contributed by atoms with van der Waals surface area (Å²) in [6, 6.07) is 5.39. The summed E-state index contributed by atoms with van der Waals surface area (Å²) in [4.78, 5) is 11.9. The summed E-state index contributed by atoms with van der Waals surface area (Å²) >= 11 is 0. The normalized spacial score (nSPS) is 12.2. The number of anilines is 1. The van der Waals surface area contributed by atoms with E-state index in [0.717, 1.165) is 16.9 Å². The Morgan fingerprint density at radius 3 is 2.84 bits per heavy atom. The zero-order valence-corrected chi connectivity index (χ0v) is 11.1. The number of benzene rings is 1. The van der Waals surface area contributed by atoms with E-state index in [0.29, 0.717) is 0 Å². The second kappa shape index (κ2) is 5.57. The number of nitrogens with zero attached hydrogens (tertiary/aromatic N) is 4. The van der Waals surface area contributed by atoms with Crippen LogP contribution in [0.2, 0.25) is 0 Å².